The lowest BCUT2D eigenvalue weighted by Crippen LogP contribution is -2.18. The molecule has 0 bridgehead atoms. The van der Waals surface area contributed by atoms with E-state index in [1.165, 1.54) is 0 Å². The highest BCUT2D eigenvalue weighted by Crippen LogP contribution is 2.19. The molecule has 1 aromatic carbocycles. The van der Waals surface area contributed by atoms with Crippen LogP contribution in [0.15, 0.2) is 24.3 Å². The molecule has 3 nitrogen and oxygen atoms in total. The summed E-state index contributed by atoms with van der Waals surface area (Å²) in [6.07, 6.45) is -0.330. The summed E-state index contributed by atoms with van der Waals surface area (Å²) in [5, 5.41) is 2.73. The van der Waals surface area contributed by atoms with Crippen molar-refractivity contribution in [2.24, 2.45) is 0 Å². The maximum Gasteiger partial charge on any atom is 0.407 e. The molecule has 1 aliphatic rings. The van der Waals surface area contributed by atoms with E-state index in [-0.39, 0.29) is 12.1 Å². The normalized spacial score (nSPS) is 21.0. The lowest BCUT2D eigenvalue weighted by molar-refractivity contribution is 0.177. The highest BCUT2D eigenvalue weighted by molar-refractivity contribution is 14.1. The molecule has 0 aliphatic carbocycles. The van der Waals surface area contributed by atoms with E-state index in [9.17, 15) is 4.79 Å². The van der Waals surface area contributed by atoms with E-state index < -0.39 is 0 Å². The number of rotatable bonds is 1. The molecular weight excluding hydrogens is 281 g/mol. The number of benzene rings is 1. The Labute approximate surface area is 89.6 Å². The summed E-state index contributed by atoms with van der Waals surface area (Å²) in [6, 6.07) is 8.04. The molecule has 68 valence electrons. The van der Waals surface area contributed by atoms with Gasteiger partial charge < -0.3 is 10.1 Å². The third-order valence-electron chi connectivity index (χ3n) is 1.92. The van der Waals surface area contributed by atoms with Crippen LogP contribution in [0, 0.1) is 3.57 Å². The second-order valence-electron chi connectivity index (χ2n) is 2.85. The van der Waals surface area contributed by atoms with Crippen LogP contribution in [0.5, 0.6) is 0 Å². The fourth-order valence-corrected chi connectivity index (χ4v) is 1.85. The first-order chi connectivity index (χ1) is 6.25. The lowest BCUT2D eigenvalue weighted by Gasteiger charge is -2.06. The van der Waals surface area contributed by atoms with Crippen molar-refractivity contribution >= 4 is 28.7 Å². The van der Waals surface area contributed by atoms with Gasteiger partial charge in [0.05, 0.1) is 6.04 Å². The molecule has 1 N–H and O–H groups in total. The molecule has 2 rings (SSSR count). The van der Waals surface area contributed by atoms with Crippen molar-refractivity contribution in [2.45, 2.75) is 6.04 Å². The number of halogens is 1. The monoisotopic (exact) mass is 289 g/mol. The van der Waals surface area contributed by atoms with Crippen LogP contribution in [0.25, 0.3) is 0 Å². The van der Waals surface area contributed by atoms with Gasteiger partial charge in [-0.05, 0) is 40.3 Å². The molecular formula is C9H8INO2. The summed E-state index contributed by atoms with van der Waals surface area (Å²) in [5.74, 6) is 0. The predicted octanol–water partition coefficient (Wildman–Crippen LogP) is 2.07. The number of hydrogen-bond acceptors (Lipinski definition) is 2. The minimum Gasteiger partial charge on any atom is -0.447 e. The highest BCUT2D eigenvalue weighted by atomic mass is 127. The van der Waals surface area contributed by atoms with Crippen LogP contribution in [0.2, 0.25) is 0 Å². The molecule has 13 heavy (non-hydrogen) atoms. The van der Waals surface area contributed by atoms with Gasteiger partial charge in [-0.3, -0.25) is 0 Å². The van der Waals surface area contributed by atoms with Crippen LogP contribution in [0.4, 0.5) is 4.79 Å². The Bertz CT molecular complexity index is 340. The van der Waals surface area contributed by atoms with Gasteiger partial charge in [-0.15, -0.1) is 0 Å². The summed E-state index contributed by atoms with van der Waals surface area (Å²) in [4.78, 5) is 10.8. The van der Waals surface area contributed by atoms with Crippen LogP contribution in [-0.4, -0.2) is 12.7 Å². The molecule has 1 fully saturated rings. The van der Waals surface area contributed by atoms with Crippen LogP contribution < -0.4 is 5.32 Å². The van der Waals surface area contributed by atoms with E-state index in [2.05, 4.69) is 27.9 Å². The summed E-state index contributed by atoms with van der Waals surface area (Å²) < 4.78 is 5.97. The smallest absolute Gasteiger partial charge is 0.407 e. The Morgan fingerprint density at radius 3 is 3.00 bits per heavy atom. The SMILES string of the molecule is O=C1N[C@H](c2cccc(I)c2)CO1. The molecule has 4 heteroatoms. The Kier molecular flexibility index (Phi) is 2.39. The maximum atomic E-state index is 10.8. The van der Waals surface area contributed by atoms with Gasteiger partial charge in [0.15, 0.2) is 0 Å². The van der Waals surface area contributed by atoms with E-state index in [1.807, 2.05) is 24.3 Å². The number of ether oxygens (including phenoxy) is 1. The van der Waals surface area contributed by atoms with Gasteiger partial charge in [-0.1, -0.05) is 12.1 Å². The number of hydrogen-bond donors (Lipinski definition) is 1. The largest absolute Gasteiger partial charge is 0.447 e. The van der Waals surface area contributed by atoms with Gasteiger partial charge in [-0.25, -0.2) is 4.79 Å². The van der Waals surface area contributed by atoms with Crippen LogP contribution in [0.3, 0.4) is 0 Å². The quantitative estimate of drug-likeness (QED) is 0.804. The average molecular weight is 289 g/mol. The summed E-state index contributed by atoms with van der Waals surface area (Å²) in [7, 11) is 0. The van der Waals surface area contributed by atoms with Crippen molar-refractivity contribution in [1.82, 2.24) is 5.32 Å². The standard InChI is InChI=1S/C9H8INO2/c10-7-3-1-2-6(4-7)8-5-13-9(12)11-8/h1-4,8H,5H2,(H,11,12)/t8-/m0/s1. The number of alkyl carbamates (subject to hydrolysis) is 1. The second kappa shape index (κ2) is 3.53. The zero-order valence-corrected chi connectivity index (χ0v) is 8.95. The van der Waals surface area contributed by atoms with Gasteiger partial charge in [0.1, 0.15) is 6.61 Å². The van der Waals surface area contributed by atoms with Crippen molar-refractivity contribution in [3.63, 3.8) is 0 Å². The summed E-state index contributed by atoms with van der Waals surface area (Å²) in [6.45, 7) is 0.429. The first-order valence-corrected chi connectivity index (χ1v) is 5.02. The van der Waals surface area contributed by atoms with Crippen LogP contribution >= 0.6 is 22.6 Å². The third kappa shape index (κ3) is 1.93. The zero-order valence-electron chi connectivity index (χ0n) is 6.79. The van der Waals surface area contributed by atoms with Crippen molar-refractivity contribution < 1.29 is 9.53 Å². The van der Waals surface area contributed by atoms with Crippen LogP contribution in [-0.2, 0) is 4.74 Å². The Hall–Kier alpha value is -0.780. The van der Waals surface area contributed by atoms with Gasteiger partial charge in [-0.2, -0.15) is 0 Å². The minimum atomic E-state index is -0.330. The fraction of sp³-hybridized carbons (Fsp3) is 0.222. The van der Waals surface area contributed by atoms with E-state index >= 15 is 0 Å². The van der Waals surface area contributed by atoms with E-state index in [0.29, 0.717) is 6.61 Å². The van der Waals surface area contributed by atoms with Gasteiger partial charge in [0.2, 0.25) is 0 Å². The number of nitrogens with one attached hydrogen (secondary N) is 1. The number of amides is 1. The molecule has 0 unspecified atom stereocenters. The molecule has 1 aliphatic heterocycles. The van der Waals surface area contributed by atoms with Crippen molar-refractivity contribution in [1.29, 1.82) is 0 Å². The van der Waals surface area contributed by atoms with Crippen LogP contribution in [0.1, 0.15) is 11.6 Å². The predicted molar refractivity (Wildman–Crippen MR) is 56.4 cm³/mol. The molecule has 0 spiro atoms. The number of carbonyl (C=O) groups is 1. The van der Waals surface area contributed by atoms with Gasteiger partial charge in [0, 0.05) is 3.57 Å². The van der Waals surface area contributed by atoms with Crippen molar-refractivity contribution in [3.8, 4) is 0 Å². The molecule has 1 atom stereocenters. The molecule has 1 saturated heterocycles. The van der Waals surface area contributed by atoms with Crippen molar-refractivity contribution in [3.05, 3.63) is 33.4 Å². The zero-order chi connectivity index (χ0) is 9.26. The van der Waals surface area contributed by atoms with E-state index in [1.54, 1.807) is 0 Å². The third-order valence-corrected chi connectivity index (χ3v) is 2.60. The minimum absolute atomic E-state index is 0.0159. The molecule has 0 radical (unpaired) electrons. The summed E-state index contributed by atoms with van der Waals surface area (Å²) >= 11 is 2.24. The first-order valence-electron chi connectivity index (χ1n) is 3.94. The second-order valence-corrected chi connectivity index (χ2v) is 4.10. The molecule has 0 aromatic heterocycles. The number of cyclic esters (lactones) is 1. The van der Waals surface area contributed by atoms with E-state index in [4.69, 9.17) is 4.74 Å². The molecule has 0 saturated carbocycles. The molecule has 1 heterocycles. The maximum absolute atomic E-state index is 10.8. The highest BCUT2D eigenvalue weighted by Gasteiger charge is 2.23. The average Bonchev–Trinajstić information content (AvgIpc) is 2.52. The van der Waals surface area contributed by atoms with Gasteiger partial charge in [0.25, 0.3) is 0 Å². The Morgan fingerprint density at radius 2 is 2.38 bits per heavy atom. The topological polar surface area (TPSA) is 38.3 Å². The lowest BCUT2D eigenvalue weighted by atomic mass is 10.1. The first kappa shape index (κ1) is 8.80. The van der Waals surface area contributed by atoms with E-state index in [0.717, 1.165) is 9.13 Å². The molecule has 1 amide bonds. The number of carbonyl (C=O) groups excluding carboxylic acids is 1. The Balaban J connectivity index is 2.21. The fourth-order valence-electron chi connectivity index (χ4n) is 1.29. The summed E-state index contributed by atoms with van der Waals surface area (Å²) in [5.41, 5.74) is 1.10. The van der Waals surface area contributed by atoms with Crippen molar-refractivity contribution in [2.75, 3.05) is 6.61 Å². The Morgan fingerprint density at radius 1 is 1.54 bits per heavy atom. The molecule has 1 aromatic rings. The van der Waals surface area contributed by atoms with Gasteiger partial charge >= 0.3 is 6.09 Å².